The lowest BCUT2D eigenvalue weighted by molar-refractivity contribution is 0.120. The van der Waals surface area contributed by atoms with Crippen molar-refractivity contribution in [2.45, 2.75) is 32.4 Å². The lowest BCUT2D eigenvalue weighted by atomic mass is 10.2. The van der Waals surface area contributed by atoms with Gasteiger partial charge >= 0.3 is 0 Å². The van der Waals surface area contributed by atoms with Gasteiger partial charge in [-0.05, 0) is 19.8 Å². The number of rotatable bonds is 6. The summed E-state index contributed by atoms with van der Waals surface area (Å²) in [5, 5.41) is 3.36. The standard InChI is InChI=1S/C12H21N3O2/c1-10-9-15(5-7-16-2)12(14-10)13-8-11-4-3-6-17-11/h9,11H,3-8H2,1-2H3,(H,13,14). The first-order valence-electron chi connectivity index (χ1n) is 6.18. The van der Waals surface area contributed by atoms with Gasteiger partial charge in [0.1, 0.15) is 0 Å². The highest BCUT2D eigenvalue weighted by atomic mass is 16.5. The van der Waals surface area contributed by atoms with Crippen molar-refractivity contribution >= 4 is 5.95 Å². The number of imidazole rings is 1. The lowest BCUT2D eigenvalue weighted by Crippen LogP contribution is -2.20. The Morgan fingerprint density at radius 2 is 2.53 bits per heavy atom. The van der Waals surface area contributed by atoms with Gasteiger partial charge in [-0.25, -0.2) is 4.98 Å². The third kappa shape index (κ3) is 3.44. The first-order valence-corrected chi connectivity index (χ1v) is 6.18. The molecule has 5 nitrogen and oxygen atoms in total. The molecule has 0 bridgehead atoms. The summed E-state index contributed by atoms with van der Waals surface area (Å²) in [5.74, 6) is 0.912. The van der Waals surface area contributed by atoms with Crippen LogP contribution in [0.15, 0.2) is 6.20 Å². The van der Waals surface area contributed by atoms with E-state index in [0.29, 0.717) is 12.7 Å². The number of aryl methyl sites for hydroxylation is 1. The van der Waals surface area contributed by atoms with E-state index in [4.69, 9.17) is 9.47 Å². The summed E-state index contributed by atoms with van der Waals surface area (Å²) in [6.07, 6.45) is 4.69. The number of hydrogen-bond donors (Lipinski definition) is 1. The highest BCUT2D eigenvalue weighted by molar-refractivity contribution is 5.29. The molecule has 2 heterocycles. The molecule has 1 aromatic rings. The summed E-state index contributed by atoms with van der Waals surface area (Å²) in [7, 11) is 1.71. The molecule has 1 aromatic heterocycles. The second kappa shape index (κ2) is 6.02. The Hall–Kier alpha value is -1.07. The molecule has 0 amide bonds. The molecule has 1 atom stereocenters. The second-order valence-electron chi connectivity index (χ2n) is 4.41. The molecule has 0 aliphatic carbocycles. The molecular formula is C12H21N3O2. The number of nitrogens with zero attached hydrogens (tertiary/aromatic N) is 2. The molecule has 1 unspecified atom stereocenters. The Morgan fingerprint density at radius 1 is 1.65 bits per heavy atom. The monoisotopic (exact) mass is 239 g/mol. The molecule has 0 aromatic carbocycles. The Labute approximate surface area is 102 Å². The van der Waals surface area contributed by atoms with Crippen molar-refractivity contribution in [2.24, 2.45) is 0 Å². The molecule has 1 saturated heterocycles. The summed E-state index contributed by atoms with van der Waals surface area (Å²) < 4.78 is 12.8. The van der Waals surface area contributed by atoms with Gasteiger partial charge in [0, 0.05) is 33.0 Å². The van der Waals surface area contributed by atoms with Crippen molar-refractivity contribution in [2.75, 3.05) is 32.2 Å². The van der Waals surface area contributed by atoms with E-state index in [1.165, 1.54) is 6.42 Å². The van der Waals surface area contributed by atoms with Crippen molar-refractivity contribution in [3.8, 4) is 0 Å². The number of hydrogen-bond acceptors (Lipinski definition) is 4. The van der Waals surface area contributed by atoms with E-state index < -0.39 is 0 Å². The maximum absolute atomic E-state index is 5.58. The molecule has 1 aliphatic rings. The minimum absolute atomic E-state index is 0.336. The average molecular weight is 239 g/mol. The Kier molecular flexibility index (Phi) is 4.39. The number of methoxy groups -OCH3 is 1. The molecule has 0 radical (unpaired) electrons. The first-order chi connectivity index (χ1) is 8.29. The smallest absolute Gasteiger partial charge is 0.203 e. The van der Waals surface area contributed by atoms with E-state index in [1.54, 1.807) is 7.11 Å². The van der Waals surface area contributed by atoms with E-state index in [1.807, 2.05) is 13.1 Å². The lowest BCUT2D eigenvalue weighted by Gasteiger charge is -2.12. The van der Waals surface area contributed by atoms with Crippen LogP contribution in [0.3, 0.4) is 0 Å². The minimum atomic E-state index is 0.336. The van der Waals surface area contributed by atoms with Crippen molar-refractivity contribution in [1.82, 2.24) is 9.55 Å². The predicted octanol–water partition coefficient (Wildman–Crippen LogP) is 1.43. The summed E-state index contributed by atoms with van der Waals surface area (Å²) in [6.45, 7) is 5.25. The van der Waals surface area contributed by atoms with E-state index in [-0.39, 0.29) is 0 Å². The molecule has 0 spiro atoms. The van der Waals surface area contributed by atoms with E-state index in [0.717, 1.165) is 37.8 Å². The molecule has 2 rings (SSSR count). The van der Waals surface area contributed by atoms with Gasteiger partial charge in [0.15, 0.2) is 0 Å². The maximum Gasteiger partial charge on any atom is 0.203 e. The third-order valence-corrected chi connectivity index (χ3v) is 2.95. The zero-order valence-electron chi connectivity index (χ0n) is 10.6. The van der Waals surface area contributed by atoms with Crippen molar-refractivity contribution in [1.29, 1.82) is 0 Å². The van der Waals surface area contributed by atoms with Crippen molar-refractivity contribution in [3.63, 3.8) is 0 Å². The fourth-order valence-electron chi connectivity index (χ4n) is 2.06. The number of nitrogens with one attached hydrogen (secondary N) is 1. The van der Waals surface area contributed by atoms with Gasteiger partial charge in [-0.3, -0.25) is 0 Å². The summed E-state index contributed by atoms with van der Waals surface area (Å²) in [5.41, 5.74) is 1.02. The Balaban J connectivity index is 1.89. The predicted molar refractivity (Wildman–Crippen MR) is 66.3 cm³/mol. The molecule has 1 N–H and O–H groups in total. The van der Waals surface area contributed by atoms with Crippen LogP contribution in [0.5, 0.6) is 0 Å². The molecule has 1 aliphatic heterocycles. The van der Waals surface area contributed by atoms with Crippen LogP contribution < -0.4 is 5.32 Å². The quantitative estimate of drug-likeness (QED) is 0.816. The minimum Gasteiger partial charge on any atom is -0.383 e. The van der Waals surface area contributed by atoms with Gasteiger partial charge in [-0.1, -0.05) is 0 Å². The number of aromatic nitrogens is 2. The van der Waals surface area contributed by atoms with Gasteiger partial charge in [0.25, 0.3) is 0 Å². The molecular weight excluding hydrogens is 218 g/mol. The molecule has 1 fully saturated rings. The van der Waals surface area contributed by atoms with Gasteiger partial charge in [-0.15, -0.1) is 0 Å². The maximum atomic E-state index is 5.58. The first kappa shape index (κ1) is 12.4. The fraction of sp³-hybridized carbons (Fsp3) is 0.750. The van der Waals surface area contributed by atoms with E-state index >= 15 is 0 Å². The highest BCUT2D eigenvalue weighted by Crippen LogP contribution is 2.14. The van der Waals surface area contributed by atoms with Crippen LogP contribution >= 0.6 is 0 Å². The van der Waals surface area contributed by atoms with Crippen LogP contribution in [-0.4, -0.2) is 42.5 Å². The molecule has 5 heteroatoms. The zero-order valence-corrected chi connectivity index (χ0v) is 10.6. The third-order valence-electron chi connectivity index (χ3n) is 2.95. The molecule has 96 valence electrons. The summed E-state index contributed by atoms with van der Waals surface area (Å²) in [6, 6.07) is 0. The number of anilines is 1. The van der Waals surface area contributed by atoms with Crippen LogP contribution in [0, 0.1) is 6.92 Å². The Morgan fingerprint density at radius 3 is 3.24 bits per heavy atom. The Bertz CT molecular complexity index is 346. The SMILES string of the molecule is COCCn1cc(C)nc1NCC1CCCO1. The van der Waals surface area contributed by atoms with Gasteiger partial charge < -0.3 is 19.4 Å². The van der Waals surface area contributed by atoms with Crippen LogP contribution in [0.2, 0.25) is 0 Å². The van der Waals surface area contributed by atoms with Gasteiger partial charge in [-0.2, -0.15) is 0 Å². The van der Waals surface area contributed by atoms with Gasteiger partial charge in [0.2, 0.25) is 5.95 Å². The summed E-state index contributed by atoms with van der Waals surface area (Å²) in [4.78, 5) is 4.47. The van der Waals surface area contributed by atoms with Crippen molar-refractivity contribution < 1.29 is 9.47 Å². The largest absolute Gasteiger partial charge is 0.383 e. The molecule has 17 heavy (non-hydrogen) atoms. The van der Waals surface area contributed by atoms with E-state index in [9.17, 15) is 0 Å². The van der Waals surface area contributed by atoms with Gasteiger partial charge in [0.05, 0.1) is 18.4 Å². The topological polar surface area (TPSA) is 48.3 Å². The number of ether oxygens (including phenoxy) is 2. The van der Waals surface area contributed by atoms with Crippen LogP contribution in [0.25, 0.3) is 0 Å². The second-order valence-corrected chi connectivity index (χ2v) is 4.41. The molecule has 0 saturated carbocycles. The normalized spacial score (nSPS) is 19.8. The van der Waals surface area contributed by atoms with E-state index in [2.05, 4.69) is 14.9 Å². The highest BCUT2D eigenvalue weighted by Gasteiger charge is 2.16. The van der Waals surface area contributed by atoms with Crippen LogP contribution in [-0.2, 0) is 16.0 Å². The summed E-state index contributed by atoms with van der Waals surface area (Å²) >= 11 is 0. The van der Waals surface area contributed by atoms with Crippen LogP contribution in [0.1, 0.15) is 18.5 Å². The van der Waals surface area contributed by atoms with Crippen molar-refractivity contribution in [3.05, 3.63) is 11.9 Å². The fourth-order valence-corrected chi connectivity index (χ4v) is 2.06. The zero-order chi connectivity index (χ0) is 12.1. The average Bonchev–Trinajstić information content (AvgIpc) is 2.93. The van der Waals surface area contributed by atoms with Crippen LogP contribution in [0.4, 0.5) is 5.95 Å².